The van der Waals surface area contributed by atoms with E-state index in [0.29, 0.717) is 18.0 Å². The number of carbonyl (C=O) groups excluding carboxylic acids is 1. The second-order valence-corrected chi connectivity index (χ2v) is 7.84. The predicted octanol–water partition coefficient (Wildman–Crippen LogP) is 4.04. The number of rotatable bonds is 8. The van der Waals surface area contributed by atoms with Crippen LogP contribution >= 0.6 is 11.3 Å². The molecule has 1 saturated heterocycles. The second kappa shape index (κ2) is 9.15. The molecule has 0 radical (unpaired) electrons. The molecular formula is C19H27N3O2S. The molecule has 0 aromatic carbocycles. The maximum atomic E-state index is 12.1. The molecule has 1 aliphatic rings. The van der Waals surface area contributed by atoms with Crippen LogP contribution in [0.4, 0.5) is 0 Å². The summed E-state index contributed by atoms with van der Waals surface area (Å²) in [5.74, 6) is 1.39. The molecular weight excluding hydrogens is 334 g/mol. The molecule has 1 N–H and O–H groups in total. The van der Waals surface area contributed by atoms with E-state index in [-0.39, 0.29) is 5.91 Å². The summed E-state index contributed by atoms with van der Waals surface area (Å²) in [6, 6.07) is 5.61. The van der Waals surface area contributed by atoms with Gasteiger partial charge in [0.2, 0.25) is 0 Å². The Morgan fingerprint density at radius 3 is 2.96 bits per heavy atom. The monoisotopic (exact) mass is 361 g/mol. The average Bonchev–Trinajstić information content (AvgIpc) is 3.30. The van der Waals surface area contributed by atoms with Crippen molar-refractivity contribution in [2.24, 2.45) is 5.92 Å². The summed E-state index contributed by atoms with van der Waals surface area (Å²) in [6.45, 7) is 6.72. The molecule has 2 aromatic heterocycles. The van der Waals surface area contributed by atoms with E-state index in [2.05, 4.69) is 22.3 Å². The molecule has 6 heteroatoms. The van der Waals surface area contributed by atoms with Gasteiger partial charge in [-0.2, -0.15) is 0 Å². The fourth-order valence-electron chi connectivity index (χ4n) is 3.13. The lowest BCUT2D eigenvalue weighted by Crippen LogP contribution is -2.33. The van der Waals surface area contributed by atoms with E-state index < -0.39 is 0 Å². The largest absolute Gasteiger partial charge is 0.355 e. The molecule has 2 aromatic rings. The van der Waals surface area contributed by atoms with Crippen LogP contribution < -0.4 is 5.32 Å². The lowest BCUT2D eigenvalue weighted by Gasteiger charge is -2.30. The van der Waals surface area contributed by atoms with Gasteiger partial charge in [-0.15, -0.1) is 11.3 Å². The molecule has 25 heavy (non-hydrogen) atoms. The van der Waals surface area contributed by atoms with E-state index >= 15 is 0 Å². The molecule has 0 bridgehead atoms. The zero-order valence-electron chi connectivity index (χ0n) is 14.9. The second-order valence-electron chi connectivity index (χ2n) is 6.89. The Balaban J connectivity index is 1.29. The van der Waals surface area contributed by atoms with E-state index in [1.807, 2.05) is 17.5 Å². The maximum Gasteiger partial charge on any atom is 0.273 e. The Morgan fingerprint density at radius 1 is 1.36 bits per heavy atom. The molecule has 0 saturated carbocycles. The van der Waals surface area contributed by atoms with Crippen LogP contribution in [0.2, 0.25) is 0 Å². The van der Waals surface area contributed by atoms with Gasteiger partial charge < -0.3 is 14.7 Å². The molecule has 0 aliphatic carbocycles. The third-order valence-corrected chi connectivity index (χ3v) is 5.70. The van der Waals surface area contributed by atoms with Crippen molar-refractivity contribution >= 4 is 17.2 Å². The van der Waals surface area contributed by atoms with Crippen molar-refractivity contribution in [2.45, 2.75) is 39.0 Å². The van der Waals surface area contributed by atoms with Gasteiger partial charge in [0, 0.05) is 12.6 Å². The first kappa shape index (κ1) is 18.1. The van der Waals surface area contributed by atoms with Crippen molar-refractivity contribution in [1.82, 2.24) is 15.4 Å². The number of likely N-dealkylation sites (tertiary alicyclic amines) is 1. The molecule has 136 valence electrons. The number of hydrogen-bond donors (Lipinski definition) is 1. The minimum absolute atomic E-state index is 0.156. The number of amides is 1. The van der Waals surface area contributed by atoms with Gasteiger partial charge in [0.25, 0.3) is 5.91 Å². The van der Waals surface area contributed by atoms with E-state index in [1.165, 1.54) is 38.9 Å². The first-order chi connectivity index (χ1) is 12.2. The number of unbranched alkanes of at least 4 members (excludes halogenated alkanes) is 2. The van der Waals surface area contributed by atoms with Crippen molar-refractivity contribution in [3.05, 3.63) is 29.3 Å². The Hall–Kier alpha value is -1.66. The number of carbonyl (C=O) groups is 1. The average molecular weight is 362 g/mol. The molecule has 1 aliphatic heterocycles. The Kier molecular flexibility index (Phi) is 6.64. The summed E-state index contributed by atoms with van der Waals surface area (Å²) < 4.78 is 5.24. The zero-order chi connectivity index (χ0) is 17.5. The summed E-state index contributed by atoms with van der Waals surface area (Å²) in [4.78, 5) is 15.7. The lowest BCUT2D eigenvalue weighted by molar-refractivity contribution is 0.0944. The first-order valence-corrected chi connectivity index (χ1v) is 10.1. The van der Waals surface area contributed by atoms with E-state index in [9.17, 15) is 4.79 Å². The Bertz CT molecular complexity index is 645. The summed E-state index contributed by atoms with van der Waals surface area (Å²) in [6.07, 6.45) is 6.02. The summed E-state index contributed by atoms with van der Waals surface area (Å²) in [5, 5.41) is 8.77. The van der Waals surface area contributed by atoms with Crippen LogP contribution in [0.5, 0.6) is 0 Å². The number of nitrogens with one attached hydrogen (secondary N) is 1. The van der Waals surface area contributed by atoms with E-state index in [0.717, 1.165) is 23.6 Å². The minimum atomic E-state index is -0.156. The summed E-state index contributed by atoms with van der Waals surface area (Å²) >= 11 is 1.57. The maximum absolute atomic E-state index is 12.1. The molecule has 0 atom stereocenters. The van der Waals surface area contributed by atoms with Gasteiger partial charge in [-0.05, 0) is 62.7 Å². The topological polar surface area (TPSA) is 58.4 Å². The number of aromatic nitrogens is 1. The Morgan fingerprint density at radius 2 is 2.20 bits per heavy atom. The van der Waals surface area contributed by atoms with Gasteiger partial charge in [0.15, 0.2) is 11.5 Å². The van der Waals surface area contributed by atoms with Gasteiger partial charge in [-0.3, -0.25) is 4.79 Å². The van der Waals surface area contributed by atoms with Crippen LogP contribution in [0.15, 0.2) is 28.1 Å². The van der Waals surface area contributed by atoms with Crippen LogP contribution in [0.3, 0.4) is 0 Å². The molecule has 1 fully saturated rings. The van der Waals surface area contributed by atoms with Crippen molar-refractivity contribution in [3.63, 3.8) is 0 Å². The van der Waals surface area contributed by atoms with Gasteiger partial charge in [0.1, 0.15) is 0 Å². The van der Waals surface area contributed by atoms with Gasteiger partial charge in [0.05, 0.1) is 4.88 Å². The zero-order valence-corrected chi connectivity index (χ0v) is 15.7. The van der Waals surface area contributed by atoms with Gasteiger partial charge in [-0.1, -0.05) is 24.6 Å². The third-order valence-electron chi connectivity index (χ3n) is 4.82. The van der Waals surface area contributed by atoms with Crippen LogP contribution in [0.25, 0.3) is 10.6 Å². The van der Waals surface area contributed by atoms with Crippen molar-refractivity contribution < 1.29 is 9.32 Å². The normalized spacial score (nSPS) is 16.2. The molecule has 3 rings (SSSR count). The summed E-state index contributed by atoms with van der Waals surface area (Å²) in [5.41, 5.74) is 0.353. The number of nitrogens with zero attached hydrogens (tertiary/aromatic N) is 2. The molecule has 1 amide bonds. The number of hydrogen-bond acceptors (Lipinski definition) is 5. The predicted molar refractivity (Wildman–Crippen MR) is 101 cm³/mol. The smallest absolute Gasteiger partial charge is 0.273 e. The van der Waals surface area contributed by atoms with Crippen molar-refractivity contribution in [2.75, 3.05) is 26.2 Å². The summed E-state index contributed by atoms with van der Waals surface area (Å²) in [7, 11) is 0. The van der Waals surface area contributed by atoms with Crippen LogP contribution in [0, 0.1) is 5.92 Å². The van der Waals surface area contributed by atoms with Crippen LogP contribution in [-0.2, 0) is 0 Å². The highest BCUT2D eigenvalue weighted by Crippen LogP contribution is 2.25. The fraction of sp³-hybridized carbons (Fsp3) is 0.579. The molecule has 5 nitrogen and oxygen atoms in total. The first-order valence-electron chi connectivity index (χ1n) is 9.23. The van der Waals surface area contributed by atoms with Crippen molar-refractivity contribution in [1.29, 1.82) is 0 Å². The quantitative estimate of drug-likeness (QED) is 0.721. The third kappa shape index (κ3) is 5.41. The molecule has 0 spiro atoms. The molecule has 3 heterocycles. The van der Waals surface area contributed by atoms with Crippen LogP contribution in [0.1, 0.15) is 49.5 Å². The molecule has 0 unspecified atom stereocenters. The lowest BCUT2D eigenvalue weighted by atomic mass is 9.99. The number of thiophene rings is 1. The number of piperidine rings is 1. The SMILES string of the molecule is CC1CCN(CCCCCNC(=O)c2cc(-c3cccs3)on2)CC1. The minimum Gasteiger partial charge on any atom is -0.355 e. The standard InChI is InChI=1S/C19H27N3O2S/c1-15-7-11-22(12-8-15)10-4-2-3-9-20-19(23)16-14-17(24-21-16)18-6-5-13-25-18/h5-6,13-15H,2-4,7-12H2,1H3,(H,20,23). The highest BCUT2D eigenvalue weighted by molar-refractivity contribution is 7.13. The van der Waals surface area contributed by atoms with E-state index in [1.54, 1.807) is 17.4 Å². The fourth-order valence-corrected chi connectivity index (χ4v) is 3.81. The van der Waals surface area contributed by atoms with Gasteiger partial charge in [-0.25, -0.2) is 0 Å². The van der Waals surface area contributed by atoms with E-state index in [4.69, 9.17) is 4.52 Å². The Labute approximate surface area is 153 Å². The van der Waals surface area contributed by atoms with Crippen molar-refractivity contribution in [3.8, 4) is 10.6 Å². The van der Waals surface area contributed by atoms with Gasteiger partial charge >= 0.3 is 0 Å². The van der Waals surface area contributed by atoms with Crippen LogP contribution in [-0.4, -0.2) is 42.1 Å². The highest BCUT2D eigenvalue weighted by Gasteiger charge is 2.15. The highest BCUT2D eigenvalue weighted by atomic mass is 32.1.